The fourth-order valence-electron chi connectivity index (χ4n) is 2.18. The van der Waals surface area contributed by atoms with E-state index in [1.165, 1.54) is 0 Å². The minimum absolute atomic E-state index is 0.269. The summed E-state index contributed by atoms with van der Waals surface area (Å²) >= 11 is 0. The highest BCUT2D eigenvalue weighted by Gasteiger charge is 2.95. The van der Waals surface area contributed by atoms with Gasteiger partial charge in [-0.15, -0.1) is 0 Å². The monoisotopic (exact) mass is 584 g/mol. The third kappa shape index (κ3) is 4.46. The number of nitro groups is 1. The Kier molecular flexibility index (Phi) is 7.54. The molecule has 0 aromatic heterocycles. The van der Waals surface area contributed by atoms with Gasteiger partial charge in [0, 0.05) is 17.8 Å². The van der Waals surface area contributed by atoms with E-state index in [1.54, 1.807) is 0 Å². The third-order valence-corrected chi connectivity index (χ3v) is 4.34. The number of anilines is 1. The molecule has 0 fully saturated rings. The molecule has 0 atom stereocenters. The summed E-state index contributed by atoms with van der Waals surface area (Å²) in [5.74, 6) is -62.4. The first-order chi connectivity index (χ1) is 16.1. The number of carbonyl (C=O) groups is 1. The third-order valence-electron chi connectivity index (χ3n) is 4.34. The van der Waals surface area contributed by atoms with Crippen LogP contribution in [-0.2, 0) is 4.79 Å². The number of nitrogens with one attached hydrogen (secondary N) is 1. The summed E-state index contributed by atoms with van der Waals surface area (Å²) in [6, 6.07) is 1.28. The summed E-state index contributed by atoms with van der Waals surface area (Å²) < 4.78 is 224. The van der Waals surface area contributed by atoms with Crippen molar-refractivity contribution < 1.29 is 84.4 Å². The van der Waals surface area contributed by atoms with Crippen LogP contribution in [0.3, 0.4) is 0 Å². The standard InChI is InChI=1S/C15H5F17N2O3/c16-8(17,7(35)33-5-1-3-6(4-2-5)34(36)37)9(18,19)10(20,21)11(22,23)12(24,25)13(26,27)14(28,29)15(30,31)32/h1-4H,(H,33,35). The van der Waals surface area contributed by atoms with Crippen molar-refractivity contribution in [3.8, 4) is 0 Å². The molecule has 5 nitrogen and oxygen atoms in total. The maximum absolute atomic E-state index is 13.8. The Morgan fingerprint density at radius 3 is 1.24 bits per heavy atom. The highest BCUT2D eigenvalue weighted by Crippen LogP contribution is 2.64. The second-order valence-corrected chi connectivity index (χ2v) is 6.78. The number of hydrogen-bond donors (Lipinski definition) is 1. The molecule has 0 aliphatic carbocycles. The first kappa shape index (κ1) is 31.9. The molecule has 1 aromatic carbocycles. The molecule has 1 N–H and O–H groups in total. The van der Waals surface area contributed by atoms with Crippen LogP contribution in [-0.4, -0.2) is 58.5 Å². The maximum atomic E-state index is 13.8. The van der Waals surface area contributed by atoms with E-state index in [9.17, 15) is 89.5 Å². The van der Waals surface area contributed by atoms with Gasteiger partial charge >= 0.3 is 53.5 Å². The van der Waals surface area contributed by atoms with Gasteiger partial charge < -0.3 is 5.32 Å². The topological polar surface area (TPSA) is 72.2 Å². The zero-order valence-corrected chi connectivity index (χ0v) is 16.4. The Bertz CT molecular complexity index is 1030. The molecule has 0 spiro atoms. The second kappa shape index (κ2) is 8.74. The van der Waals surface area contributed by atoms with E-state index < -0.39 is 69.8 Å². The van der Waals surface area contributed by atoms with Crippen molar-refractivity contribution in [2.45, 2.75) is 47.6 Å². The minimum atomic E-state index is -8.81. The number of nitro benzene ring substituents is 1. The normalized spacial score (nSPS) is 14.9. The van der Waals surface area contributed by atoms with Crippen molar-refractivity contribution in [2.24, 2.45) is 0 Å². The predicted octanol–water partition coefficient (Wildman–Crippen LogP) is 6.54. The fraction of sp³-hybridized carbons (Fsp3) is 0.533. The molecule has 0 saturated heterocycles. The lowest BCUT2D eigenvalue weighted by Gasteiger charge is -2.42. The number of benzene rings is 1. The average Bonchev–Trinajstić information content (AvgIpc) is 2.72. The summed E-state index contributed by atoms with van der Waals surface area (Å²) in [4.78, 5) is 20.6. The summed E-state index contributed by atoms with van der Waals surface area (Å²) in [6.07, 6.45) is -7.87. The lowest BCUT2D eigenvalue weighted by Crippen LogP contribution is -2.75. The Morgan fingerprint density at radius 2 is 0.919 bits per heavy atom. The lowest BCUT2D eigenvalue weighted by molar-refractivity contribution is -0.459. The van der Waals surface area contributed by atoms with Gasteiger partial charge in [0.2, 0.25) is 0 Å². The van der Waals surface area contributed by atoms with E-state index in [1.807, 2.05) is 0 Å². The largest absolute Gasteiger partial charge is 0.460 e. The van der Waals surface area contributed by atoms with Crippen molar-refractivity contribution in [3.63, 3.8) is 0 Å². The zero-order chi connectivity index (χ0) is 29.8. The van der Waals surface area contributed by atoms with E-state index in [0.717, 1.165) is 0 Å². The Balaban J connectivity index is 3.53. The van der Waals surface area contributed by atoms with E-state index in [0.29, 0.717) is 17.4 Å². The predicted molar refractivity (Wildman–Crippen MR) is 82.4 cm³/mol. The Hall–Kier alpha value is -3.10. The van der Waals surface area contributed by atoms with Crippen molar-refractivity contribution >= 4 is 17.3 Å². The highest BCUT2D eigenvalue weighted by molar-refractivity contribution is 5.97. The number of non-ortho nitro benzene ring substituents is 1. The first-order valence-electron chi connectivity index (χ1n) is 8.33. The molecule has 0 aliphatic heterocycles. The molecule has 0 radical (unpaired) electrons. The minimum Gasteiger partial charge on any atom is -0.321 e. The smallest absolute Gasteiger partial charge is 0.321 e. The molecule has 37 heavy (non-hydrogen) atoms. The number of rotatable bonds is 9. The molecule has 0 aliphatic rings. The van der Waals surface area contributed by atoms with Crippen LogP contribution in [0.5, 0.6) is 0 Å². The van der Waals surface area contributed by atoms with Gasteiger partial charge in [-0.1, -0.05) is 0 Å². The van der Waals surface area contributed by atoms with Crippen LogP contribution in [0.15, 0.2) is 24.3 Å². The van der Waals surface area contributed by atoms with Crippen LogP contribution in [0.1, 0.15) is 0 Å². The second-order valence-electron chi connectivity index (χ2n) is 6.78. The van der Waals surface area contributed by atoms with Crippen LogP contribution in [0, 0.1) is 10.1 Å². The number of alkyl halides is 17. The lowest BCUT2D eigenvalue weighted by atomic mass is 9.89. The molecule has 1 aromatic rings. The Morgan fingerprint density at radius 1 is 0.595 bits per heavy atom. The molecular weight excluding hydrogens is 579 g/mol. The van der Waals surface area contributed by atoms with Crippen molar-refractivity contribution in [3.05, 3.63) is 34.4 Å². The summed E-state index contributed by atoms with van der Waals surface area (Å²) in [7, 11) is 0. The van der Waals surface area contributed by atoms with Gasteiger partial charge in [-0.3, -0.25) is 14.9 Å². The quantitative estimate of drug-likeness (QED) is 0.204. The van der Waals surface area contributed by atoms with E-state index in [4.69, 9.17) is 0 Å². The van der Waals surface area contributed by atoms with Crippen LogP contribution < -0.4 is 5.32 Å². The summed E-state index contributed by atoms with van der Waals surface area (Å²) in [5.41, 5.74) is -2.03. The van der Waals surface area contributed by atoms with Gasteiger partial charge in [0.1, 0.15) is 0 Å². The number of nitrogens with zero attached hydrogens (tertiary/aromatic N) is 1. The van der Waals surface area contributed by atoms with Gasteiger partial charge in [-0.25, -0.2) is 0 Å². The van der Waals surface area contributed by atoms with Crippen LogP contribution >= 0.6 is 0 Å². The highest BCUT2D eigenvalue weighted by atomic mass is 19.4. The number of halogens is 17. The SMILES string of the molecule is O=C(Nc1ccc([N+](=O)[O-])cc1)C(F)(F)C(F)(F)C(F)(F)C(F)(F)C(F)(F)C(F)(F)C(F)(F)C(F)(F)F. The van der Waals surface area contributed by atoms with E-state index >= 15 is 0 Å². The van der Waals surface area contributed by atoms with Gasteiger partial charge in [-0.05, 0) is 12.1 Å². The number of hydrogen-bond acceptors (Lipinski definition) is 3. The summed E-state index contributed by atoms with van der Waals surface area (Å²) in [6.45, 7) is 0. The Labute approximate surface area is 190 Å². The fourth-order valence-corrected chi connectivity index (χ4v) is 2.18. The van der Waals surface area contributed by atoms with Crippen LogP contribution in [0.2, 0.25) is 0 Å². The van der Waals surface area contributed by atoms with Crippen molar-refractivity contribution in [1.29, 1.82) is 0 Å². The van der Waals surface area contributed by atoms with Gasteiger partial charge in [-0.2, -0.15) is 74.6 Å². The number of carbonyl (C=O) groups excluding carboxylic acids is 1. The molecule has 0 unspecified atom stereocenters. The summed E-state index contributed by atoms with van der Waals surface area (Å²) in [5, 5.41) is 11.0. The van der Waals surface area contributed by atoms with Crippen LogP contribution in [0.4, 0.5) is 86.0 Å². The van der Waals surface area contributed by atoms with E-state index in [2.05, 4.69) is 0 Å². The van der Waals surface area contributed by atoms with Crippen molar-refractivity contribution in [2.75, 3.05) is 5.32 Å². The molecule has 212 valence electrons. The van der Waals surface area contributed by atoms with E-state index in [-0.39, 0.29) is 12.1 Å². The zero-order valence-electron chi connectivity index (χ0n) is 16.4. The molecule has 0 saturated carbocycles. The maximum Gasteiger partial charge on any atom is 0.460 e. The molecule has 1 amide bonds. The average molecular weight is 584 g/mol. The molecular formula is C15H5F17N2O3. The van der Waals surface area contributed by atoms with Gasteiger partial charge in [0.25, 0.3) is 5.69 Å². The molecule has 22 heteroatoms. The van der Waals surface area contributed by atoms with Crippen LogP contribution in [0.25, 0.3) is 0 Å². The first-order valence-corrected chi connectivity index (χ1v) is 8.33. The molecule has 0 heterocycles. The molecule has 0 bridgehead atoms. The van der Waals surface area contributed by atoms with Gasteiger partial charge in [0.05, 0.1) is 4.92 Å². The van der Waals surface area contributed by atoms with Gasteiger partial charge in [0.15, 0.2) is 0 Å². The number of amides is 1. The van der Waals surface area contributed by atoms with Crippen molar-refractivity contribution in [1.82, 2.24) is 0 Å². The molecule has 1 rings (SSSR count).